The second-order valence-corrected chi connectivity index (χ2v) is 5.27. The monoisotopic (exact) mass is 324 g/mol. The summed E-state index contributed by atoms with van der Waals surface area (Å²) in [6.45, 7) is 1.40. The van der Waals surface area contributed by atoms with Crippen LogP contribution < -0.4 is 5.32 Å². The first kappa shape index (κ1) is 15.7. The Morgan fingerprint density at radius 1 is 1.17 bits per heavy atom. The number of amides is 1. The van der Waals surface area contributed by atoms with E-state index >= 15 is 0 Å². The van der Waals surface area contributed by atoms with Gasteiger partial charge in [0.05, 0.1) is 17.8 Å². The lowest BCUT2D eigenvalue weighted by atomic mass is 10.2. The third-order valence-electron chi connectivity index (χ3n) is 3.49. The number of ether oxygens (including phenoxy) is 1. The number of carbonyl (C=O) groups excluding carboxylic acids is 2. The predicted molar refractivity (Wildman–Crippen MR) is 87.3 cm³/mol. The number of rotatable bonds is 5. The molecule has 6 heteroatoms. The van der Waals surface area contributed by atoms with E-state index in [2.05, 4.69) is 10.3 Å². The van der Waals surface area contributed by atoms with Gasteiger partial charge in [0.25, 0.3) is 5.91 Å². The first-order chi connectivity index (χ1) is 11.6. The van der Waals surface area contributed by atoms with E-state index in [1.807, 2.05) is 24.3 Å². The number of nitrogens with one attached hydrogen (secondary N) is 1. The first-order valence-electron chi connectivity index (χ1n) is 7.49. The molecule has 1 N–H and O–H groups in total. The van der Waals surface area contributed by atoms with Crippen LogP contribution in [0.1, 0.15) is 29.2 Å². The summed E-state index contributed by atoms with van der Waals surface area (Å²) in [6.07, 6.45) is 1.53. The minimum Gasteiger partial charge on any atom is -0.467 e. The molecule has 1 amide bonds. The predicted octanol–water partition coefficient (Wildman–Crippen LogP) is 2.86. The minimum absolute atomic E-state index is 0.167. The van der Waals surface area contributed by atoms with Crippen LogP contribution in [0.25, 0.3) is 10.9 Å². The van der Waals surface area contributed by atoms with Crippen LogP contribution in [0.3, 0.4) is 0 Å². The maximum absolute atomic E-state index is 12.0. The van der Waals surface area contributed by atoms with Crippen LogP contribution in [0.4, 0.5) is 0 Å². The van der Waals surface area contributed by atoms with Crippen molar-refractivity contribution in [3.63, 3.8) is 0 Å². The molecule has 0 fully saturated rings. The first-order valence-corrected chi connectivity index (χ1v) is 7.49. The number of nitrogens with zero attached hydrogens (tertiary/aromatic N) is 1. The molecule has 24 heavy (non-hydrogen) atoms. The highest BCUT2D eigenvalue weighted by Gasteiger charge is 2.15. The zero-order valence-corrected chi connectivity index (χ0v) is 13.1. The van der Waals surface area contributed by atoms with Crippen molar-refractivity contribution < 1.29 is 18.7 Å². The molecule has 3 rings (SSSR count). The Kier molecular flexibility index (Phi) is 4.56. The summed E-state index contributed by atoms with van der Waals surface area (Å²) >= 11 is 0. The van der Waals surface area contributed by atoms with E-state index in [1.54, 1.807) is 31.2 Å². The average molecular weight is 324 g/mol. The van der Waals surface area contributed by atoms with Crippen LogP contribution in [0.5, 0.6) is 0 Å². The molecular formula is C18H16N2O4. The van der Waals surface area contributed by atoms with Gasteiger partial charge in [-0.25, -0.2) is 9.78 Å². The second-order valence-electron chi connectivity index (χ2n) is 5.27. The van der Waals surface area contributed by atoms with Gasteiger partial charge >= 0.3 is 5.97 Å². The quantitative estimate of drug-likeness (QED) is 0.730. The van der Waals surface area contributed by atoms with E-state index in [0.29, 0.717) is 11.3 Å². The summed E-state index contributed by atoms with van der Waals surface area (Å²) in [4.78, 5) is 28.1. The Balaban J connectivity index is 1.57. The number of furan rings is 1. The van der Waals surface area contributed by atoms with Gasteiger partial charge in [0.2, 0.25) is 0 Å². The Morgan fingerprint density at radius 2 is 2.00 bits per heavy atom. The van der Waals surface area contributed by atoms with E-state index < -0.39 is 11.9 Å². The lowest BCUT2D eigenvalue weighted by Gasteiger charge is -2.11. The summed E-state index contributed by atoms with van der Waals surface area (Å²) < 4.78 is 10.2. The molecule has 122 valence electrons. The normalized spacial score (nSPS) is 11.9. The fraction of sp³-hybridized carbons (Fsp3) is 0.167. The van der Waals surface area contributed by atoms with Gasteiger partial charge in [-0.1, -0.05) is 24.3 Å². The zero-order valence-electron chi connectivity index (χ0n) is 13.1. The van der Waals surface area contributed by atoms with Crippen molar-refractivity contribution in [2.75, 3.05) is 6.61 Å². The third kappa shape index (κ3) is 3.60. The number of esters is 1. The summed E-state index contributed by atoms with van der Waals surface area (Å²) in [5.41, 5.74) is 0.864. The Labute approximate surface area is 138 Å². The number of hydrogen-bond donors (Lipinski definition) is 1. The number of benzene rings is 1. The molecule has 0 aliphatic rings. The second kappa shape index (κ2) is 6.95. The highest BCUT2D eigenvalue weighted by molar-refractivity contribution is 5.92. The highest BCUT2D eigenvalue weighted by Crippen LogP contribution is 2.13. The van der Waals surface area contributed by atoms with E-state index in [4.69, 9.17) is 9.15 Å². The fourth-order valence-electron chi connectivity index (χ4n) is 2.28. The molecule has 0 radical (unpaired) electrons. The van der Waals surface area contributed by atoms with Crippen LogP contribution >= 0.6 is 0 Å². The largest absolute Gasteiger partial charge is 0.467 e. The lowest BCUT2D eigenvalue weighted by molar-refractivity contribution is -0.125. The maximum atomic E-state index is 12.0. The van der Waals surface area contributed by atoms with Crippen molar-refractivity contribution in [2.24, 2.45) is 0 Å². The molecule has 6 nitrogen and oxygen atoms in total. The molecule has 1 atom stereocenters. The summed E-state index contributed by atoms with van der Waals surface area (Å²) in [5.74, 6) is -0.416. The average Bonchev–Trinajstić information content (AvgIpc) is 3.14. The molecule has 3 aromatic rings. The van der Waals surface area contributed by atoms with Gasteiger partial charge in [-0.15, -0.1) is 0 Å². The fourth-order valence-corrected chi connectivity index (χ4v) is 2.28. The van der Waals surface area contributed by atoms with Gasteiger partial charge in [0.15, 0.2) is 6.61 Å². The van der Waals surface area contributed by atoms with Crippen molar-refractivity contribution in [3.8, 4) is 0 Å². The Bertz CT molecular complexity index is 858. The SMILES string of the molecule is C[C@H](NC(=O)COC(=O)c1ccc2ccccc2n1)c1ccco1. The minimum atomic E-state index is -0.637. The van der Waals surface area contributed by atoms with E-state index in [9.17, 15) is 9.59 Å². The van der Waals surface area contributed by atoms with Gasteiger partial charge in [-0.2, -0.15) is 0 Å². The molecule has 1 aromatic carbocycles. The summed E-state index contributed by atoms with van der Waals surface area (Å²) in [7, 11) is 0. The third-order valence-corrected chi connectivity index (χ3v) is 3.49. The van der Waals surface area contributed by atoms with Gasteiger partial charge in [-0.3, -0.25) is 4.79 Å². The topological polar surface area (TPSA) is 81.4 Å². The number of aromatic nitrogens is 1. The smallest absolute Gasteiger partial charge is 0.357 e. The van der Waals surface area contributed by atoms with Gasteiger partial charge in [-0.05, 0) is 31.2 Å². The number of pyridine rings is 1. The molecule has 0 bridgehead atoms. The molecule has 0 saturated carbocycles. The number of fused-ring (bicyclic) bond motifs is 1. The molecule has 0 aliphatic carbocycles. The molecule has 0 spiro atoms. The van der Waals surface area contributed by atoms with Crippen molar-refractivity contribution >= 4 is 22.8 Å². The van der Waals surface area contributed by atoms with Crippen molar-refractivity contribution in [2.45, 2.75) is 13.0 Å². The molecule has 0 unspecified atom stereocenters. The van der Waals surface area contributed by atoms with Gasteiger partial charge in [0, 0.05) is 5.39 Å². The number of carbonyl (C=O) groups is 2. The standard InChI is InChI=1S/C18H16N2O4/c1-12(16-7-4-10-23-16)19-17(21)11-24-18(22)15-9-8-13-5-2-3-6-14(13)20-15/h2-10,12H,11H2,1H3,(H,19,21)/t12-/m0/s1. The van der Waals surface area contributed by atoms with Crippen molar-refractivity contribution in [1.82, 2.24) is 10.3 Å². The molecule has 0 saturated heterocycles. The van der Waals surface area contributed by atoms with Crippen LogP contribution in [0, 0.1) is 0 Å². The highest BCUT2D eigenvalue weighted by atomic mass is 16.5. The van der Waals surface area contributed by atoms with Gasteiger partial charge in [0.1, 0.15) is 11.5 Å². The number of hydrogen-bond acceptors (Lipinski definition) is 5. The van der Waals surface area contributed by atoms with Crippen molar-refractivity contribution in [1.29, 1.82) is 0 Å². The van der Waals surface area contributed by atoms with Crippen LogP contribution in [0.15, 0.2) is 59.2 Å². The summed E-state index contributed by atoms with van der Waals surface area (Å²) in [5, 5.41) is 3.62. The van der Waals surface area contributed by atoms with Gasteiger partial charge < -0.3 is 14.5 Å². The molecule has 2 aromatic heterocycles. The van der Waals surface area contributed by atoms with Crippen molar-refractivity contribution in [3.05, 3.63) is 66.2 Å². The van der Waals surface area contributed by atoms with E-state index in [-0.39, 0.29) is 18.3 Å². The van der Waals surface area contributed by atoms with E-state index in [1.165, 1.54) is 6.26 Å². The molecular weight excluding hydrogens is 308 g/mol. The van der Waals surface area contributed by atoms with Crippen LogP contribution in [-0.2, 0) is 9.53 Å². The van der Waals surface area contributed by atoms with E-state index in [0.717, 1.165) is 5.39 Å². The number of para-hydroxylation sites is 1. The summed E-state index contributed by atoms with van der Waals surface area (Å²) in [6, 6.07) is 14.0. The van der Waals surface area contributed by atoms with Crippen LogP contribution in [0.2, 0.25) is 0 Å². The Morgan fingerprint density at radius 3 is 2.79 bits per heavy atom. The molecule has 0 aliphatic heterocycles. The van der Waals surface area contributed by atoms with Crippen LogP contribution in [-0.4, -0.2) is 23.5 Å². The Hall–Kier alpha value is -3.15. The molecule has 2 heterocycles. The lowest BCUT2D eigenvalue weighted by Crippen LogP contribution is -2.31. The zero-order chi connectivity index (χ0) is 16.9. The maximum Gasteiger partial charge on any atom is 0.357 e.